The number of hydrogen-bond acceptors (Lipinski definition) is 5. The minimum atomic E-state index is -0.0696. The maximum Gasteiger partial charge on any atom is 0.240 e. The van der Waals surface area contributed by atoms with Crippen molar-refractivity contribution in [2.75, 3.05) is 5.32 Å². The Morgan fingerprint density at radius 2 is 2.19 bits per heavy atom. The lowest BCUT2D eigenvalue weighted by Crippen LogP contribution is -2.24. The van der Waals surface area contributed by atoms with Gasteiger partial charge >= 0.3 is 0 Å². The summed E-state index contributed by atoms with van der Waals surface area (Å²) in [6.45, 7) is 4.29. The lowest BCUT2D eigenvalue weighted by Gasteiger charge is -2.06. The summed E-state index contributed by atoms with van der Waals surface area (Å²) in [5.74, 6) is 0.560. The van der Waals surface area contributed by atoms with Crippen LogP contribution in [0.5, 0.6) is 0 Å². The van der Waals surface area contributed by atoms with Crippen LogP contribution in [0.4, 0.5) is 5.13 Å². The Hall–Kier alpha value is -1.40. The highest BCUT2D eigenvalue weighted by Crippen LogP contribution is 2.37. The molecule has 0 saturated heterocycles. The zero-order valence-corrected chi connectivity index (χ0v) is 13.6. The van der Waals surface area contributed by atoms with Crippen molar-refractivity contribution in [3.05, 3.63) is 34.8 Å². The van der Waals surface area contributed by atoms with Crippen LogP contribution in [0.3, 0.4) is 0 Å². The minimum Gasteiger partial charge on any atom is -0.300 e. The topological polar surface area (TPSA) is 54.9 Å². The second-order valence-corrected chi connectivity index (χ2v) is 7.81. The summed E-state index contributed by atoms with van der Waals surface area (Å²) in [6.07, 6.45) is 1.68. The highest BCUT2D eigenvalue weighted by Gasteiger charge is 2.28. The van der Waals surface area contributed by atoms with Gasteiger partial charge in [-0.3, -0.25) is 10.1 Å². The number of amides is 1. The van der Waals surface area contributed by atoms with Gasteiger partial charge in [-0.05, 0) is 24.0 Å². The Labute approximate surface area is 132 Å². The summed E-state index contributed by atoms with van der Waals surface area (Å²) < 4.78 is 0. The lowest BCUT2D eigenvalue weighted by molar-refractivity contribution is -0.115. The molecule has 0 bridgehead atoms. The van der Waals surface area contributed by atoms with Gasteiger partial charge in [0.25, 0.3) is 0 Å². The molecule has 1 aliphatic heterocycles. The van der Waals surface area contributed by atoms with Crippen LogP contribution in [-0.2, 0) is 17.6 Å². The van der Waals surface area contributed by atoms with Crippen LogP contribution in [0.15, 0.2) is 29.2 Å². The SMILES string of the molecule is CC(C)Cc1nnc(NC(=O)C2Cc3ccccc3S2)s1. The van der Waals surface area contributed by atoms with Crippen LogP contribution < -0.4 is 5.32 Å². The van der Waals surface area contributed by atoms with Gasteiger partial charge in [-0.1, -0.05) is 43.4 Å². The molecule has 0 fully saturated rings. The van der Waals surface area contributed by atoms with Gasteiger partial charge in [0, 0.05) is 11.3 Å². The molecule has 110 valence electrons. The summed E-state index contributed by atoms with van der Waals surface area (Å²) >= 11 is 3.09. The number of nitrogens with zero attached hydrogens (tertiary/aromatic N) is 2. The second-order valence-electron chi connectivity index (χ2n) is 5.51. The van der Waals surface area contributed by atoms with E-state index in [9.17, 15) is 4.79 Å². The summed E-state index contributed by atoms with van der Waals surface area (Å²) in [4.78, 5) is 13.5. The fourth-order valence-electron chi connectivity index (χ4n) is 2.25. The number of rotatable bonds is 4. The van der Waals surface area contributed by atoms with Crippen molar-refractivity contribution < 1.29 is 4.79 Å². The Morgan fingerprint density at radius 1 is 1.38 bits per heavy atom. The zero-order chi connectivity index (χ0) is 14.8. The number of carbonyl (C=O) groups excluding carboxylic acids is 1. The highest BCUT2D eigenvalue weighted by molar-refractivity contribution is 8.01. The number of fused-ring (bicyclic) bond motifs is 1. The molecular weight excluding hydrogens is 302 g/mol. The monoisotopic (exact) mass is 319 g/mol. The molecule has 1 amide bonds. The number of anilines is 1. The van der Waals surface area contributed by atoms with Crippen molar-refractivity contribution in [3.8, 4) is 0 Å². The summed E-state index contributed by atoms with van der Waals surface area (Å²) in [5.41, 5.74) is 1.25. The molecule has 3 rings (SSSR count). The van der Waals surface area contributed by atoms with Crippen LogP contribution in [0.1, 0.15) is 24.4 Å². The minimum absolute atomic E-state index is 0.0171. The molecule has 1 aromatic heterocycles. The molecule has 0 saturated carbocycles. The molecule has 4 nitrogen and oxygen atoms in total. The highest BCUT2D eigenvalue weighted by atomic mass is 32.2. The van der Waals surface area contributed by atoms with Gasteiger partial charge in [-0.2, -0.15) is 0 Å². The van der Waals surface area contributed by atoms with Gasteiger partial charge in [0.2, 0.25) is 11.0 Å². The Kier molecular flexibility index (Phi) is 4.26. The quantitative estimate of drug-likeness (QED) is 0.938. The standard InChI is InChI=1S/C15H17N3OS2/c1-9(2)7-13-17-18-15(21-13)16-14(19)12-8-10-5-3-4-6-11(10)20-12/h3-6,9,12H,7-8H2,1-2H3,(H,16,18,19). The van der Waals surface area contributed by atoms with Crippen molar-refractivity contribution in [2.24, 2.45) is 5.92 Å². The average Bonchev–Trinajstić information content (AvgIpc) is 3.04. The Balaban J connectivity index is 1.61. The molecule has 6 heteroatoms. The first-order chi connectivity index (χ1) is 10.1. The molecule has 1 N–H and O–H groups in total. The molecule has 21 heavy (non-hydrogen) atoms. The first-order valence-corrected chi connectivity index (χ1v) is 8.69. The summed E-state index contributed by atoms with van der Waals surface area (Å²) in [7, 11) is 0. The van der Waals surface area contributed by atoms with Crippen LogP contribution in [0.2, 0.25) is 0 Å². The third-order valence-electron chi connectivity index (χ3n) is 3.22. The maximum absolute atomic E-state index is 12.3. The van der Waals surface area contributed by atoms with E-state index in [4.69, 9.17) is 0 Å². The number of hydrogen-bond donors (Lipinski definition) is 1. The third kappa shape index (κ3) is 3.44. The van der Waals surface area contributed by atoms with Crippen LogP contribution in [-0.4, -0.2) is 21.4 Å². The van der Waals surface area contributed by atoms with Gasteiger partial charge in [-0.15, -0.1) is 22.0 Å². The number of aromatic nitrogens is 2. The fourth-order valence-corrected chi connectivity index (χ4v) is 4.40. The second kappa shape index (κ2) is 6.15. The fraction of sp³-hybridized carbons (Fsp3) is 0.400. The average molecular weight is 319 g/mol. The van der Waals surface area contributed by atoms with Gasteiger partial charge in [0.15, 0.2) is 0 Å². The molecule has 1 aliphatic rings. The molecule has 1 atom stereocenters. The normalized spacial score (nSPS) is 17.0. The summed E-state index contributed by atoms with van der Waals surface area (Å²) in [5, 5.41) is 12.6. The number of benzene rings is 1. The first-order valence-electron chi connectivity index (χ1n) is 6.99. The van der Waals surface area contributed by atoms with E-state index >= 15 is 0 Å². The molecular formula is C15H17N3OS2. The number of thioether (sulfide) groups is 1. The zero-order valence-electron chi connectivity index (χ0n) is 12.0. The van der Waals surface area contributed by atoms with E-state index in [0.717, 1.165) is 17.8 Å². The van der Waals surface area contributed by atoms with E-state index < -0.39 is 0 Å². The molecule has 0 aliphatic carbocycles. The van der Waals surface area contributed by atoms with Crippen molar-refractivity contribution in [1.82, 2.24) is 10.2 Å². The summed E-state index contributed by atoms with van der Waals surface area (Å²) in [6, 6.07) is 8.18. The van der Waals surface area contributed by atoms with Crippen molar-refractivity contribution >= 4 is 34.1 Å². The van der Waals surface area contributed by atoms with Gasteiger partial charge in [-0.25, -0.2) is 0 Å². The predicted molar refractivity (Wildman–Crippen MR) is 86.9 cm³/mol. The van der Waals surface area contributed by atoms with E-state index in [1.54, 1.807) is 11.8 Å². The lowest BCUT2D eigenvalue weighted by atomic mass is 10.1. The first kappa shape index (κ1) is 14.5. The maximum atomic E-state index is 12.3. The Bertz CT molecular complexity index is 629. The van der Waals surface area contributed by atoms with Crippen molar-refractivity contribution in [2.45, 2.75) is 36.8 Å². The van der Waals surface area contributed by atoms with E-state index in [0.29, 0.717) is 11.0 Å². The molecule has 0 radical (unpaired) electrons. The smallest absolute Gasteiger partial charge is 0.240 e. The molecule has 1 unspecified atom stereocenters. The van der Waals surface area contributed by atoms with Gasteiger partial charge in [0.1, 0.15) is 5.01 Å². The van der Waals surface area contributed by atoms with Gasteiger partial charge in [0.05, 0.1) is 5.25 Å². The van der Waals surface area contributed by atoms with Crippen LogP contribution in [0.25, 0.3) is 0 Å². The van der Waals surface area contributed by atoms with E-state index in [1.807, 2.05) is 12.1 Å². The van der Waals surface area contributed by atoms with E-state index in [-0.39, 0.29) is 11.2 Å². The number of nitrogens with one attached hydrogen (secondary N) is 1. The van der Waals surface area contributed by atoms with E-state index in [2.05, 4.69) is 41.5 Å². The van der Waals surface area contributed by atoms with E-state index in [1.165, 1.54) is 21.8 Å². The molecule has 1 aromatic carbocycles. The van der Waals surface area contributed by atoms with Crippen molar-refractivity contribution in [3.63, 3.8) is 0 Å². The van der Waals surface area contributed by atoms with Crippen molar-refractivity contribution in [1.29, 1.82) is 0 Å². The third-order valence-corrected chi connectivity index (χ3v) is 5.40. The predicted octanol–water partition coefficient (Wildman–Crippen LogP) is 3.39. The molecule has 0 spiro atoms. The molecule has 2 heterocycles. The Morgan fingerprint density at radius 3 is 2.95 bits per heavy atom. The molecule has 2 aromatic rings. The van der Waals surface area contributed by atoms with Crippen LogP contribution >= 0.6 is 23.1 Å². The largest absolute Gasteiger partial charge is 0.300 e. The number of carbonyl (C=O) groups is 1. The van der Waals surface area contributed by atoms with Crippen LogP contribution in [0, 0.1) is 5.92 Å². The van der Waals surface area contributed by atoms with Gasteiger partial charge < -0.3 is 0 Å².